The lowest BCUT2D eigenvalue weighted by atomic mass is 10.2. The molecular formula is C26H36N2O6S. The van der Waals surface area contributed by atoms with Crippen molar-refractivity contribution in [2.75, 3.05) is 13.2 Å². The smallest absolute Gasteiger partial charge is 0.258 e. The first kappa shape index (κ1) is 28.2. The van der Waals surface area contributed by atoms with Crippen LogP contribution in [-0.4, -0.2) is 45.5 Å². The summed E-state index contributed by atoms with van der Waals surface area (Å²) in [5, 5.41) is 5.70. The molecule has 2 atom stereocenters. The molecule has 0 fully saturated rings. The molecule has 0 aliphatic carbocycles. The Morgan fingerprint density at radius 1 is 0.714 bits per heavy atom. The highest BCUT2D eigenvalue weighted by Crippen LogP contribution is 2.25. The van der Waals surface area contributed by atoms with E-state index in [0.29, 0.717) is 11.5 Å². The SMILES string of the molecule is CCC[C@@H](C)NC(=O)COc1ccc(S(=O)(=O)c2ccc(OCC(=O)N[C@@H](C)CCC)cc2)cc1. The summed E-state index contributed by atoms with van der Waals surface area (Å²) < 4.78 is 36.8. The predicted octanol–water partition coefficient (Wildman–Crippen LogP) is 3.89. The summed E-state index contributed by atoms with van der Waals surface area (Å²) >= 11 is 0. The van der Waals surface area contributed by atoms with Gasteiger partial charge in [0.25, 0.3) is 11.8 Å². The van der Waals surface area contributed by atoms with Crippen LogP contribution < -0.4 is 20.1 Å². The lowest BCUT2D eigenvalue weighted by Gasteiger charge is -2.13. The lowest BCUT2D eigenvalue weighted by molar-refractivity contribution is -0.124. The minimum atomic E-state index is -3.75. The van der Waals surface area contributed by atoms with Gasteiger partial charge in [-0.25, -0.2) is 8.42 Å². The molecule has 0 saturated heterocycles. The Morgan fingerprint density at radius 3 is 1.37 bits per heavy atom. The van der Waals surface area contributed by atoms with Crippen LogP contribution in [0.4, 0.5) is 0 Å². The zero-order chi connectivity index (χ0) is 25.8. The van der Waals surface area contributed by atoms with Gasteiger partial charge >= 0.3 is 0 Å². The molecule has 2 amide bonds. The molecule has 0 aromatic heterocycles. The molecule has 9 heteroatoms. The standard InChI is InChI=1S/C26H36N2O6S/c1-5-7-19(3)27-25(29)17-33-21-9-13-23(14-10-21)35(31,32)24-15-11-22(12-16-24)34-18-26(30)28-20(4)8-6-2/h9-16,19-20H,5-8,17-18H2,1-4H3,(H,27,29)(H,28,30)/t19-,20+. The van der Waals surface area contributed by atoms with E-state index in [-0.39, 0.29) is 46.9 Å². The number of carbonyl (C=O) groups is 2. The molecule has 0 aliphatic rings. The van der Waals surface area contributed by atoms with E-state index in [2.05, 4.69) is 10.6 Å². The van der Waals surface area contributed by atoms with Crippen LogP contribution in [0.1, 0.15) is 53.4 Å². The van der Waals surface area contributed by atoms with Crippen LogP contribution in [0.3, 0.4) is 0 Å². The third-order valence-electron chi connectivity index (χ3n) is 5.27. The van der Waals surface area contributed by atoms with Crippen molar-refractivity contribution in [2.45, 2.75) is 75.3 Å². The second kappa shape index (κ2) is 13.7. The van der Waals surface area contributed by atoms with E-state index in [1.807, 2.05) is 27.7 Å². The molecule has 0 spiro atoms. The van der Waals surface area contributed by atoms with Gasteiger partial charge < -0.3 is 20.1 Å². The zero-order valence-corrected chi connectivity index (χ0v) is 21.7. The Labute approximate surface area is 208 Å². The van der Waals surface area contributed by atoms with E-state index < -0.39 is 9.84 Å². The average Bonchev–Trinajstić information content (AvgIpc) is 2.82. The van der Waals surface area contributed by atoms with Crippen LogP contribution in [0, 0.1) is 0 Å². The van der Waals surface area contributed by atoms with Crippen LogP contribution in [0.5, 0.6) is 11.5 Å². The van der Waals surface area contributed by atoms with E-state index in [0.717, 1.165) is 25.7 Å². The van der Waals surface area contributed by atoms with Crippen LogP contribution in [0.2, 0.25) is 0 Å². The molecule has 2 aromatic carbocycles. The summed E-state index contributed by atoms with van der Waals surface area (Å²) in [7, 11) is -3.75. The molecule has 0 heterocycles. The van der Waals surface area contributed by atoms with E-state index in [1.54, 1.807) is 0 Å². The van der Waals surface area contributed by atoms with E-state index in [9.17, 15) is 18.0 Å². The first-order valence-electron chi connectivity index (χ1n) is 11.9. The Hall–Kier alpha value is -3.07. The van der Waals surface area contributed by atoms with Gasteiger partial charge in [0, 0.05) is 12.1 Å². The Kier molecular flexibility index (Phi) is 11.0. The molecule has 0 radical (unpaired) electrons. The maximum Gasteiger partial charge on any atom is 0.258 e. The summed E-state index contributed by atoms with van der Waals surface area (Å²) in [6.45, 7) is 7.69. The molecule has 0 aliphatic heterocycles. The number of hydrogen-bond acceptors (Lipinski definition) is 6. The Bertz CT molecular complexity index is 973. The second-order valence-corrected chi connectivity index (χ2v) is 10.5. The van der Waals surface area contributed by atoms with Gasteiger partial charge in [0.05, 0.1) is 9.79 Å². The van der Waals surface area contributed by atoms with Crippen molar-refractivity contribution in [1.82, 2.24) is 10.6 Å². The van der Waals surface area contributed by atoms with E-state index in [1.165, 1.54) is 48.5 Å². The third-order valence-corrected chi connectivity index (χ3v) is 7.05. The van der Waals surface area contributed by atoms with Gasteiger partial charge in [0.15, 0.2) is 13.2 Å². The molecule has 8 nitrogen and oxygen atoms in total. The second-order valence-electron chi connectivity index (χ2n) is 8.54. The molecule has 35 heavy (non-hydrogen) atoms. The van der Waals surface area contributed by atoms with Gasteiger partial charge in [0.2, 0.25) is 9.84 Å². The number of sulfone groups is 1. The maximum absolute atomic E-state index is 12.9. The number of hydrogen-bond donors (Lipinski definition) is 2. The number of amides is 2. The summed E-state index contributed by atoms with van der Waals surface area (Å²) in [6, 6.07) is 12.0. The van der Waals surface area contributed by atoms with Crippen molar-refractivity contribution in [3.63, 3.8) is 0 Å². The van der Waals surface area contributed by atoms with Crippen molar-refractivity contribution in [3.05, 3.63) is 48.5 Å². The first-order valence-corrected chi connectivity index (χ1v) is 13.4. The normalized spacial score (nSPS) is 12.9. The minimum absolute atomic E-state index is 0.0760. The number of rotatable bonds is 14. The lowest BCUT2D eigenvalue weighted by Crippen LogP contribution is -2.35. The first-order chi connectivity index (χ1) is 16.6. The molecule has 0 unspecified atom stereocenters. The monoisotopic (exact) mass is 504 g/mol. The van der Waals surface area contributed by atoms with E-state index >= 15 is 0 Å². The fourth-order valence-electron chi connectivity index (χ4n) is 3.51. The topological polar surface area (TPSA) is 111 Å². The van der Waals surface area contributed by atoms with Gasteiger partial charge in [-0.3, -0.25) is 9.59 Å². The summed E-state index contributed by atoms with van der Waals surface area (Å²) in [5.41, 5.74) is 0. The van der Waals surface area contributed by atoms with Gasteiger partial charge in [-0.05, 0) is 75.2 Å². The Balaban J connectivity index is 1.92. The predicted molar refractivity (Wildman–Crippen MR) is 134 cm³/mol. The molecule has 2 rings (SSSR count). The minimum Gasteiger partial charge on any atom is -0.484 e. The van der Waals surface area contributed by atoms with Crippen LogP contribution in [0.15, 0.2) is 58.3 Å². The van der Waals surface area contributed by atoms with Gasteiger partial charge in [-0.15, -0.1) is 0 Å². The number of benzene rings is 2. The van der Waals surface area contributed by atoms with Crippen LogP contribution in [0.25, 0.3) is 0 Å². The summed E-state index contributed by atoms with van der Waals surface area (Å²) in [5.74, 6) is 0.353. The van der Waals surface area contributed by atoms with Crippen molar-refractivity contribution in [2.24, 2.45) is 0 Å². The van der Waals surface area contributed by atoms with Gasteiger partial charge in [-0.1, -0.05) is 26.7 Å². The van der Waals surface area contributed by atoms with Crippen molar-refractivity contribution < 1.29 is 27.5 Å². The fraction of sp³-hybridized carbons (Fsp3) is 0.462. The molecule has 2 aromatic rings. The largest absolute Gasteiger partial charge is 0.484 e. The van der Waals surface area contributed by atoms with E-state index in [4.69, 9.17) is 9.47 Å². The molecular weight excluding hydrogens is 468 g/mol. The molecule has 2 N–H and O–H groups in total. The molecule has 0 saturated carbocycles. The van der Waals surface area contributed by atoms with Crippen LogP contribution in [-0.2, 0) is 19.4 Å². The summed E-state index contributed by atoms with van der Waals surface area (Å²) in [4.78, 5) is 24.1. The highest BCUT2D eigenvalue weighted by Gasteiger charge is 2.18. The zero-order valence-electron chi connectivity index (χ0n) is 20.9. The van der Waals surface area contributed by atoms with Crippen molar-refractivity contribution in [1.29, 1.82) is 0 Å². The average molecular weight is 505 g/mol. The maximum atomic E-state index is 12.9. The highest BCUT2D eigenvalue weighted by molar-refractivity contribution is 7.91. The summed E-state index contributed by atoms with van der Waals surface area (Å²) in [6.07, 6.45) is 3.73. The van der Waals surface area contributed by atoms with Gasteiger partial charge in [0.1, 0.15) is 11.5 Å². The molecule has 0 bridgehead atoms. The van der Waals surface area contributed by atoms with Crippen molar-refractivity contribution in [3.8, 4) is 11.5 Å². The van der Waals surface area contributed by atoms with Crippen LogP contribution >= 0.6 is 0 Å². The number of nitrogens with one attached hydrogen (secondary N) is 2. The third kappa shape index (κ3) is 9.24. The van der Waals surface area contributed by atoms with Crippen molar-refractivity contribution >= 4 is 21.7 Å². The molecule has 192 valence electrons. The fourth-order valence-corrected chi connectivity index (χ4v) is 4.77. The van der Waals surface area contributed by atoms with Gasteiger partial charge in [-0.2, -0.15) is 0 Å². The number of ether oxygens (including phenoxy) is 2. The highest BCUT2D eigenvalue weighted by atomic mass is 32.2. The number of carbonyl (C=O) groups excluding carboxylic acids is 2. The quantitative estimate of drug-likeness (QED) is 0.404. The Morgan fingerprint density at radius 2 is 1.06 bits per heavy atom.